The first-order chi connectivity index (χ1) is 32.9. The highest BCUT2D eigenvalue weighted by molar-refractivity contribution is 7.47. The maximum atomic E-state index is 12.9. The Kier molecular flexibility index (Phi) is 42.1. The Labute approximate surface area is 413 Å². The summed E-state index contributed by atoms with van der Waals surface area (Å²) in [6.45, 7) is 3.34. The number of rotatable bonds is 48. The van der Waals surface area contributed by atoms with Gasteiger partial charge in [0.05, 0.1) is 6.61 Å². The van der Waals surface area contributed by atoms with Gasteiger partial charge in [0.25, 0.3) is 0 Å². The lowest BCUT2D eigenvalue weighted by Crippen LogP contribution is -2.64. The Morgan fingerprint density at radius 1 is 0.441 bits per heavy atom. The predicted molar refractivity (Wildman–Crippen MR) is 272 cm³/mol. The lowest BCUT2D eigenvalue weighted by atomic mass is 9.85. The van der Waals surface area contributed by atoms with Gasteiger partial charge in [0.2, 0.25) is 0 Å². The summed E-state index contributed by atoms with van der Waals surface area (Å²) >= 11 is 0. The number of aliphatic hydroxyl groups excluding tert-OH is 5. The number of phosphoric acid groups is 1. The minimum Gasteiger partial charge on any atom is -0.462 e. The van der Waals surface area contributed by atoms with Crippen LogP contribution in [-0.2, 0) is 32.7 Å². The molecule has 1 aliphatic rings. The molecule has 14 heteroatoms. The predicted octanol–water partition coefficient (Wildman–Crippen LogP) is 12.6. The van der Waals surface area contributed by atoms with Crippen LogP contribution < -0.4 is 0 Å². The molecular formula is C54H103O13P. The van der Waals surface area contributed by atoms with E-state index in [4.69, 9.17) is 18.5 Å². The van der Waals surface area contributed by atoms with Crippen LogP contribution in [0.25, 0.3) is 0 Å². The smallest absolute Gasteiger partial charge is 0.462 e. The molecule has 0 bridgehead atoms. The second kappa shape index (κ2) is 44.3. The largest absolute Gasteiger partial charge is 0.472 e. The first-order valence-corrected chi connectivity index (χ1v) is 29.5. The maximum absolute atomic E-state index is 12.9. The summed E-state index contributed by atoms with van der Waals surface area (Å²) in [5.41, 5.74) is 0. The summed E-state index contributed by atoms with van der Waals surface area (Å²) in [7, 11) is -5.12. The number of carbonyl (C=O) groups excluding carboxylic acids is 2. The van der Waals surface area contributed by atoms with Gasteiger partial charge in [0.1, 0.15) is 43.2 Å². The van der Waals surface area contributed by atoms with Crippen molar-refractivity contribution in [2.75, 3.05) is 13.2 Å². The summed E-state index contributed by atoms with van der Waals surface area (Å²) in [6.07, 6.45) is 36.9. The van der Waals surface area contributed by atoms with E-state index in [1.165, 1.54) is 180 Å². The van der Waals surface area contributed by atoms with E-state index in [1.807, 2.05) is 0 Å². The van der Waals surface area contributed by atoms with Gasteiger partial charge < -0.3 is 39.9 Å². The van der Waals surface area contributed by atoms with E-state index in [1.54, 1.807) is 0 Å². The van der Waals surface area contributed by atoms with Gasteiger partial charge in [0.15, 0.2) is 6.10 Å². The van der Waals surface area contributed by atoms with Gasteiger partial charge in [-0.2, -0.15) is 0 Å². The second-order valence-electron chi connectivity index (χ2n) is 19.8. The Bertz CT molecular complexity index is 1240. The minimum absolute atomic E-state index is 0.103. The highest BCUT2D eigenvalue weighted by Gasteiger charge is 2.51. The lowest BCUT2D eigenvalue weighted by molar-refractivity contribution is -0.220. The molecule has 0 spiro atoms. The molecule has 1 rings (SSSR count). The summed E-state index contributed by atoms with van der Waals surface area (Å²) in [4.78, 5) is 35.9. The van der Waals surface area contributed by atoms with E-state index in [0.29, 0.717) is 12.8 Å². The van der Waals surface area contributed by atoms with Crippen LogP contribution in [0.3, 0.4) is 0 Å². The molecule has 1 aliphatic carbocycles. The number of phosphoric ester groups is 1. The van der Waals surface area contributed by atoms with Gasteiger partial charge in [-0.05, 0) is 38.5 Å². The molecule has 1 fully saturated rings. The Hall–Kier alpha value is -1.41. The SMILES string of the molecule is CCCCCC/C=C/CCCCCCCCCCCC(=O)OC[C@H](COP(=O)(O)OC1C(O)C(O)C(O)[C@H](O)C1O)OC(=O)CCCCCCCCCCCCCCCCCCCCCCCC. The van der Waals surface area contributed by atoms with E-state index in [0.717, 1.165) is 44.9 Å². The van der Waals surface area contributed by atoms with Crippen LogP contribution >= 0.6 is 7.82 Å². The van der Waals surface area contributed by atoms with Crippen molar-refractivity contribution in [1.82, 2.24) is 0 Å². The van der Waals surface area contributed by atoms with Crippen molar-refractivity contribution in [3.8, 4) is 0 Å². The van der Waals surface area contributed by atoms with Crippen LogP contribution in [0.15, 0.2) is 12.2 Å². The Morgan fingerprint density at radius 3 is 1.13 bits per heavy atom. The first-order valence-electron chi connectivity index (χ1n) is 28.0. The third-order valence-electron chi connectivity index (χ3n) is 13.4. The van der Waals surface area contributed by atoms with Crippen molar-refractivity contribution in [1.29, 1.82) is 0 Å². The standard InChI is InChI=1S/C54H103O13P/c1-3-5-7-9-11-13-15-17-19-21-22-23-24-25-27-29-31-33-35-37-39-41-43-48(56)66-46(45-65-68(62,63)67-54-52(60)50(58)49(57)51(59)53(54)61)44-64-47(55)42-40-38-36-34-32-30-28-26-20-18-16-14-12-10-8-6-4-2/h14,16,46,49-54,57-61H,3-13,15,17-45H2,1-2H3,(H,62,63)/b16-14+/t46-,49?,50+,51?,52?,53?,54?/m1/s1. The van der Waals surface area contributed by atoms with Crippen molar-refractivity contribution in [2.24, 2.45) is 0 Å². The number of ether oxygens (including phenoxy) is 2. The fourth-order valence-corrected chi connectivity index (χ4v) is 9.85. The minimum atomic E-state index is -5.12. The van der Waals surface area contributed by atoms with Crippen molar-refractivity contribution in [2.45, 2.75) is 307 Å². The maximum Gasteiger partial charge on any atom is 0.472 e. The summed E-state index contributed by atoms with van der Waals surface area (Å²) in [5, 5.41) is 50.3. The van der Waals surface area contributed by atoms with Gasteiger partial charge in [-0.15, -0.1) is 0 Å². The molecule has 0 aromatic carbocycles. The van der Waals surface area contributed by atoms with Crippen LogP contribution in [0, 0.1) is 0 Å². The van der Waals surface area contributed by atoms with Crippen molar-refractivity contribution in [3.63, 3.8) is 0 Å². The van der Waals surface area contributed by atoms with Crippen LogP contribution in [-0.4, -0.2) is 98.3 Å². The number of carbonyl (C=O) groups is 2. The Morgan fingerprint density at radius 2 is 0.750 bits per heavy atom. The van der Waals surface area contributed by atoms with Crippen molar-refractivity contribution in [3.05, 3.63) is 12.2 Å². The zero-order chi connectivity index (χ0) is 49.9. The molecule has 0 aromatic heterocycles. The van der Waals surface area contributed by atoms with E-state index in [2.05, 4.69) is 26.0 Å². The number of aliphatic hydroxyl groups is 5. The van der Waals surface area contributed by atoms with Crippen LogP contribution in [0.4, 0.5) is 0 Å². The zero-order valence-electron chi connectivity index (χ0n) is 43.2. The molecule has 0 radical (unpaired) electrons. The monoisotopic (exact) mass is 991 g/mol. The molecule has 0 saturated heterocycles. The molecular weight excluding hydrogens is 888 g/mol. The fourth-order valence-electron chi connectivity index (χ4n) is 8.87. The topological polar surface area (TPSA) is 210 Å². The average Bonchev–Trinajstić information content (AvgIpc) is 3.32. The average molecular weight is 991 g/mol. The van der Waals surface area contributed by atoms with Gasteiger partial charge in [-0.25, -0.2) is 4.57 Å². The van der Waals surface area contributed by atoms with Gasteiger partial charge >= 0.3 is 19.8 Å². The number of hydrogen-bond donors (Lipinski definition) is 6. The molecule has 0 amide bonds. The zero-order valence-corrected chi connectivity index (χ0v) is 44.1. The van der Waals surface area contributed by atoms with Gasteiger partial charge in [-0.3, -0.25) is 18.6 Å². The molecule has 1 saturated carbocycles. The van der Waals surface area contributed by atoms with Crippen LogP contribution in [0.2, 0.25) is 0 Å². The van der Waals surface area contributed by atoms with E-state index >= 15 is 0 Å². The number of allylic oxidation sites excluding steroid dienone is 2. The van der Waals surface area contributed by atoms with E-state index < -0.39 is 75.7 Å². The highest BCUT2D eigenvalue weighted by atomic mass is 31.2. The Balaban J connectivity index is 2.33. The quantitative estimate of drug-likeness (QED) is 0.0145. The third-order valence-corrected chi connectivity index (χ3v) is 14.3. The lowest BCUT2D eigenvalue weighted by Gasteiger charge is -2.41. The molecule has 402 valence electrons. The number of esters is 2. The van der Waals surface area contributed by atoms with Gasteiger partial charge in [-0.1, -0.05) is 225 Å². The summed E-state index contributed by atoms with van der Waals surface area (Å²) in [6, 6.07) is 0. The molecule has 0 aromatic rings. The second-order valence-corrected chi connectivity index (χ2v) is 21.2. The van der Waals surface area contributed by atoms with E-state index in [9.17, 15) is 44.6 Å². The summed E-state index contributed by atoms with van der Waals surface area (Å²) in [5.74, 6) is -1.08. The van der Waals surface area contributed by atoms with Crippen LogP contribution in [0.1, 0.15) is 264 Å². The molecule has 68 heavy (non-hydrogen) atoms. The van der Waals surface area contributed by atoms with E-state index in [-0.39, 0.29) is 12.8 Å². The van der Waals surface area contributed by atoms with Crippen molar-refractivity contribution < 1.29 is 63.1 Å². The first kappa shape index (κ1) is 64.6. The highest BCUT2D eigenvalue weighted by Crippen LogP contribution is 2.47. The fraction of sp³-hybridized carbons (Fsp3) is 0.926. The molecule has 13 nitrogen and oxygen atoms in total. The van der Waals surface area contributed by atoms with Gasteiger partial charge in [0, 0.05) is 12.8 Å². The third kappa shape index (κ3) is 35.7. The normalized spacial score (nSPS) is 21.0. The molecule has 8 atom stereocenters. The molecule has 0 aliphatic heterocycles. The molecule has 6 unspecified atom stereocenters. The van der Waals surface area contributed by atoms with Crippen LogP contribution in [0.5, 0.6) is 0 Å². The van der Waals surface area contributed by atoms with Crippen molar-refractivity contribution >= 4 is 19.8 Å². The summed E-state index contributed by atoms with van der Waals surface area (Å²) < 4.78 is 33.7. The molecule has 6 N–H and O–H groups in total. The molecule has 0 heterocycles. The number of unbranched alkanes of at least 4 members (excludes halogenated alkanes) is 34. The number of hydrogen-bond acceptors (Lipinski definition) is 12.